The third-order valence-corrected chi connectivity index (χ3v) is 2.41. The van der Waals surface area contributed by atoms with E-state index in [0.717, 1.165) is 0 Å². The van der Waals surface area contributed by atoms with Crippen LogP contribution in [0.3, 0.4) is 0 Å². The zero-order valence-corrected chi connectivity index (χ0v) is 9.32. The molecule has 0 radical (unpaired) electrons. The van der Waals surface area contributed by atoms with Gasteiger partial charge in [-0.05, 0) is 28.1 Å². The van der Waals surface area contributed by atoms with Gasteiger partial charge in [-0.3, -0.25) is 0 Å². The number of rotatable bonds is 3. The van der Waals surface area contributed by atoms with Gasteiger partial charge in [-0.1, -0.05) is 12.7 Å². The van der Waals surface area contributed by atoms with E-state index < -0.39 is 5.97 Å². The predicted molar refractivity (Wildman–Crippen MR) is 58.0 cm³/mol. The van der Waals surface area contributed by atoms with Crippen molar-refractivity contribution in [2.24, 2.45) is 0 Å². The molecular formula is C10H9BrO4. The fourth-order valence-corrected chi connectivity index (χ4v) is 1.16. The van der Waals surface area contributed by atoms with Crippen molar-refractivity contribution >= 4 is 21.9 Å². The number of benzene rings is 1. The van der Waals surface area contributed by atoms with Gasteiger partial charge in [0.15, 0.2) is 0 Å². The van der Waals surface area contributed by atoms with Crippen molar-refractivity contribution in [2.45, 2.75) is 0 Å². The molecule has 2 N–H and O–H groups in total. The summed E-state index contributed by atoms with van der Waals surface area (Å²) in [6.07, 6.45) is 1.43. The maximum Gasteiger partial charge on any atom is 0.338 e. The van der Waals surface area contributed by atoms with Gasteiger partial charge in [-0.25, -0.2) is 4.79 Å². The van der Waals surface area contributed by atoms with E-state index in [0.29, 0.717) is 0 Å². The van der Waals surface area contributed by atoms with E-state index in [4.69, 9.17) is 4.74 Å². The van der Waals surface area contributed by atoms with Crippen LogP contribution < -0.4 is 0 Å². The van der Waals surface area contributed by atoms with Crippen molar-refractivity contribution in [3.63, 3.8) is 0 Å². The lowest BCUT2D eigenvalue weighted by Crippen LogP contribution is -2.04. The molecule has 0 atom stereocenters. The Morgan fingerprint density at radius 1 is 1.47 bits per heavy atom. The lowest BCUT2D eigenvalue weighted by molar-refractivity contribution is 0.0548. The summed E-state index contributed by atoms with van der Waals surface area (Å²) in [5.41, 5.74) is 0.0788. The van der Waals surface area contributed by atoms with Crippen molar-refractivity contribution in [1.82, 2.24) is 0 Å². The van der Waals surface area contributed by atoms with Crippen molar-refractivity contribution in [3.8, 4) is 11.5 Å². The quantitative estimate of drug-likeness (QED) is 0.654. The first-order valence-electron chi connectivity index (χ1n) is 4.05. The molecule has 0 fully saturated rings. The van der Waals surface area contributed by atoms with Crippen LogP contribution in [-0.4, -0.2) is 22.8 Å². The zero-order valence-electron chi connectivity index (χ0n) is 7.74. The number of phenols is 2. The number of carbonyl (C=O) groups is 1. The molecule has 0 amide bonds. The normalized spacial score (nSPS) is 9.67. The number of carbonyl (C=O) groups excluding carboxylic acids is 1. The molecule has 0 saturated carbocycles. The van der Waals surface area contributed by atoms with Gasteiger partial charge in [0, 0.05) is 0 Å². The fourth-order valence-electron chi connectivity index (χ4n) is 0.930. The first-order chi connectivity index (χ1) is 7.06. The van der Waals surface area contributed by atoms with Gasteiger partial charge in [0.25, 0.3) is 0 Å². The largest absolute Gasteiger partial charge is 0.507 e. The Morgan fingerprint density at radius 2 is 2.00 bits per heavy atom. The minimum absolute atomic E-state index is 0.0788. The second-order valence-electron chi connectivity index (χ2n) is 2.72. The molecule has 1 aromatic rings. The van der Waals surface area contributed by atoms with Crippen LogP contribution in [0, 0.1) is 0 Å². The van der Waals surface area contributed by atoms with Crippen molar-refractivity contribution < 1.29 is 19.7 Å². The number of phenolic OH excluding ortho intramolecular Hbond substituents is 2. The second-order valence-corrected chi connectivity index (χ2v) is 3.51. The highest BCUT2D eigenvalue weighted by molar-refractivity contribution is 9.10. The number of halogens is 1. The van der Waals surface area contributed by atoms with Gasteiger partial charge in [0.1, 0.15) is 22.6 Å². The lowest BCUT2D eigenvalue weighted by Gasteiger charge is -2.05. The molecule has 1 rings (SSSR count). The van der Waals surface area contributed by atoms with Gasteiger partial charge in [-0.2, -0.15) is 0 Å². The fraction of sp³-hybridized carbons (Fsp3) is 0.100. The number of esters is 1. The maximum atomic E-state index is 11.3. The number of hydrogen-bond donors (Lipinski definition) is 2. The number of ether oxygens (including phenoxy) is 1. The van der Waals surface area contributed by atoms with E-state index in [1.807, 2.05) is 0 Å². The molecule has 80 valence electrons. The van der Waals surface area contributed by atoms with E-state index in [9.17, 15) is 15.0 Å². The van der Waals surface area contributed by atoms with Crippen LogP contribution in [0.15, 0.2) is 29.3 Å². The maximum absolute atomic E-state index is 11.3. The minimum atomic E-state index is -0.631. The predicted octanol–water partition coefficient (Wildman–Crippen LogP) is 2.20. The van der Waals surface area contributed by atoms with Crippen molar-refractivity contribution in [3.05, 3.63) is 34.8 Å². The van der Waals surface area contributed by atoms with E-state index in [1.54, 1.807) is 0 Å². The summed E-state index contributed by atoms with van der Waals surface area (Å²) in [6.45, 7) is 3.47. The molecule has 0 aliphatic heterocycles. The van der Waals surface area contributed by atoms with Gasteiger partial charge < -0.3 is 14.9 Å². The third-order valence-electron chi connectivity index (χ3n) is 1.60. The highest BCUT2D eigenvalue weighted by Gasteiger charge is 2.13. The molecule has 4 nitrogen and oxygen atoms in total. The highest BCUT2D eigenvalue weighted by atomic mass is 79.9. The van der Waals surface area contributed by atoms with Crippen molar-refractivity contribution in [1.29, 1.82) is 0 Å². The number of aromatic hydroxyl groups is 2. The summed E-state index contributed by atoms with van der Waals surface area (Å²) in [5, 5.41) is 18.6. The first-order valence-corrected chi connectivity index (χ1v) is 4.85. The molecule has 1 aromatic carbocycles. The molecular weight excluding hydrogens is 264 g/mol. The SMILES string of the molecule is C=CCOC(=O)c1cc(O)c(Br)c(O)c1. The van der Waals surface area contributed by atoms with Crippen LogP contribution >= 0.6 is 15.9 Å². The molecule has 0 spiro atoms. The molecule has 0 aliphatic rings. The Bertz CT molecular complexity index is 377. The molecule has 0 heterocycles. The summed E-state index contributed by atoms with van der Waals surface area (Å²) in [7, 11) is 0. The molecule has 0 unspecified atom stereocenters. The Labute approximate surface area is 94.9 Å². The van der Waals surface area contributed by atoms with Crippen molar-refractivity contribution in [2.75, 3.05) is 6.61 Å². The molecule has 0 aromatic heterocycles. The third kappa shape index (κ3) is 2.73. The van der Waals surface area contributed by atoms with E-state index in [2.05, 4.69) is 22.5 Å². The van der Waals surface area contributed by atoms with E-state index in [-0.39, 0.29) is 28.1 Å². The van der Waals surface area contributed by atoms with E-state index in [1.165, 1.54) is 18.2 Å². The standard InChI is InChI=1S/C10H9BrO4/c1-2-3-15-10(14)6-4-7(12)9(11)8(13)5-6/h2,4-5,12-13H,1,3H2. The second kappa shape index (κ2) is 4.84. The smallest absolute Gasteiger partial charge is 0.338 e. The highest BCUT2D eigenvalue weighted by Crippen LogP contribution is 2.34. The van der Waals surface area contributed by atoms with E-state index >= 15 is 0 Å². The lowest BCUT2D eigenvalue weighted by atomic mass is 10.2. The molecule has 5 heteroatoms. The zero-order chi connectivity index (χ0) is 11.4. The Kier molecular flexibility index (Phi) is 3.74. The number of hydrogen-bond acceptors (Lipinski definition) is 4. The molecule has 15 heavy (non-hydrogen) atoms. The van der Waals surface area contributed by atoms with Gasteiger partial charge in [0.05, 0.1) is 5.56 Å². The summed E-state index contributed by atoms with van der Waals surface area (Å²) >= 11 is 2.95. The Morgan fingerprint density at radius 3 is 2.47 bits per heavy atom. The summed E-state index contributed by atoms with van der Waals surface area (Å²) in [4.78, 5) is 11.3. The molecule has 0 saturated heterocycles. The molecule has 0 aliphatic carbocycles. The van der Waals surface area contributed by atoms with Gasteiger partial charge >= 0.3 is 5.97 Å². The Balaban J connectivity index is 2.95. The summed E-state index contributed by atoms with van der Waals surface area (Å²) in [5.74, 6) is -1.07. The van der Waals surface area contributed by atoms with Crippen LogP contribution in [0.1, 0.15) is 10.4 Å². The Hall–Kier alpha value is -1.49. The average Bonchev–Trinajstić information content (AvgIpc) is 2.21. The summed E-state index contributed by atoms with van der Waals surface area (Å²) < 4.78 is 4.87. The van der Waals surface area contributed by atoms with Gasteiger partial charge in [0.2, 0.25) is 0 Å². The minimum Gasteiger partial charge on any atom is -0.507 e. The average molecular weight is 273 g/mol. The van der Waals surface area contributed by atoms with Crippen LogP contribution in [0.25, 0.3) is 0 Å². The summed E-state index contributed by atoms with van der Waals surface area (Å²) in [6, 6.07) is 2.41. The van der Waals surface area contributed by atoms with Gasteiger partial charge in [-0.15, -0.1) is 0 Å². The first kappa shape index (κ1) is 11.6. The topological polar surface area (TPSA) is 66.8 Å². The van der Waals surface area contributed by atoms with Crippen LogP contribution in [-0.2, 0) is 4.74 Å². The molecule has 0 bridgehead atoms. The van der Waals surface area contributed by atoms with Crippen LogP contribution in [0.5, 0.6) is 11.5 Å². The van der Waals surface area contributed by atoms with Crippen LogP contribution in [0.4, 0.5) is 0 Å². The monoisotopic (exact) mass is 272 g/mol. The van der Waals surface area contributed by atoms with Crippen LogP contribution in [0.2, 0.25) is 0 Å².